The average Bonchev–Trinajstić information content (AvgIpc) is 3.32. The molecule has 0 radical (unpaired) electrons. The number of ether oxygens (including phenoxy) is 2. The molecule has 216 valence electrons. The number of rotatable bonds is 10. The summed E-state index contributed by atoms with van der Waals surface area (Å²) in [5, 5.41) is 0. The van der Waals surface area contributed by atoms with E-state index in [0.29, 0.717) is 5.56 Å². The van der Waals surface area contributed by atoms with Crippen LogP contribution < -0.4 is 9.92 Å². The highest BCUT2D eigenvalue weighted by Gasteiger charge is 2.33. The standard InChI is InChI=1S/C33H31NO7S/c1-21-11-17-24(18-12-21)42(37,38)41-23-15-13-22(14-16-23)29(19-31(35)39-2)32(34)33(36)40-20-30-27-9-5-3-7-25(27)26-8-4-6-10-28(26)30/h3-18,29-30,32H,19-20,34H2,1-2H3. The summed E-state index contributed by atoms with van der Waals surface area (Å²) in [7, 11) is -2.79. The molecule has 0 saturated heterocycles. The van der Waals surface area contributed by atoms with Gasteiger partial charge in [0.15, 0.2) is 0 Å². The Balaban J connectivity index is 1.31. The van der Waals surface area contributed by atoms with Gasteiger partial charge in [0, 0.05) is 11.8 Å². The van der Waals surface area contributed by atoms with Crippen LogP contribution in [0.5, 0.6) is 5.75 Å². The summed E-state index contributed by atoms with van der Waals surface area (Å²) < 4.78 is 41.2. The van der Waals surface area contributed by atoms with Crippen molar-refractivity contribution in [1.29, 1.82) is 0 Å². The fourth-order valence-electron chi connectivity index (χ4n) is 5.23. The van der Waals surface area contributed by atoms with E-state index in [-0.39, 0.29) is 29.6 Å². The largest absolute Gasteiger partial charge is 0.469 e. The van der Waals surface area contributed by atoms with Crippen LogP contribution in [0.1, 0.15) is 40.5 Å². The Morgan fingerprint density at radius 3 is 1.98 bits per heavy atom. The van der Waals surface area contributed by atoms with E-state index in [4.69, 9.17) is 19.4 Å². The third-order valence-electron chi connectivity index (χ3n) is 7.50. The minimum absolute atomic E-state index is 0.0259. The lowest BCUT2D eigenvalue weighted by atomic mass is 9.89. The van der Waals surface area contributed by atoms with Crippen molar-refractivity contribution >= 4 is 22.1 Å². The van der Waals surface area contributed by atoms with Crippen LogP contribution in [-0.4, -0.2) is 40.1 Å². The molecule has 4 aromatic rings. The molecule has 1 aliphatic rings. The van der Waals surface area contributed by atoms with Crippen molar-refractivity contribution in [3.8, 4) is 16.9 Å². The van der Waals surface area contributed by atoms with E-state index in [1.54, 1.807) is 24.3 Å². The molecule has 0 aliphatic heterocycles. The number of methoxy groups -OCH3 is 1. The number of hydrogen-bond acceptors (Lipinski definition) is 8. The van der Waals surface area contributed by atoms with Crippen molar-refractivity contribution in [3.05, 3.63) is 119 Å². The van der Waals surface area contributed by atoms with E-state index in [2.05, 4.69) is 0 Å². The highest BCUT2D eigenvalue weighted by atomic mass is 32.2. The first-order valence-electron chi connectivity index (χ1n) is 13.5. The van der Waals surface area contributed by atoms with E-state index in [1.807, 2.05) is 55.5 Å². The quantitative estimate of drug-likeness (QED) is 0.202. The lowest BCUT2D eigenvalue weighted by Gasteiger charge is -2.23. The van der Waals surface area contributed by atoms with Gasteiger partial charge in [0.05, 0.1) is 13.5 Å². The summed E-state index contributed by atoms with van der Waals surface area (Å²) in [5.74, 6) is -2.06. The maximum absolute atomic E-state index is 13.2. The molecule has 5 rings (SSSR count). The third kappa shape index (κ3) is 6.07. The maximum atomic E-state index is 13.2. The van der Waals surface area contributed by atoms with Crippen molar-refractivity contribution in [3.63, 3.8) is 0 Å². The summed E-state index contributed by atoms with van der Waals surface area (Å²) in [6, 6.07) is 27.2. The van der Waals surface area contributed by atoms with Crippen LogP contribution >= 0.6 is 0 Å². The van der Waals surface area contributed by atoms with Crippen molar-refractivity contribution < 1.29 is 31.7 Å². The molecule has 0 spiro atoms. The molecule has 0 saturated carbocycles. The normalized spacial score (nSPS) is 13.9. The number of esters is 2. The molecule has 42 heavy (non-hydrogen) atoms. The molecule has 0 amide bonds. The SMILES string of the molecule is COC(=O)CC(c1ccc(OS(=O)(=O)c2ccc(C)cc2)cc1)C(N)C(=O)OCC1c2ccccc2-c2ccccc21. The van der Waals surface area contributed by atoms with Crippen LogP contribution in [0.2, 0.25) is 0 Å². The predicted molar refractivity (Wildman–Crippen MR) is 157 cm³/mol. The highest BCUT2D eigenvalue weighted by Crippen LogP contribution is 2.44. The van der Waals surface area contributed by atoms with E-state index in [9.17, 15) is 18.0 Å². The number of nitrogens with two attached hydrogens (primary N) is 1. The molecule has 0 aromatic heterocycles. The van der Waals surface area contributed by atoms with Crippen LogP contribution in [0.4, 0.5) is 0 Å². The number of fused-ring (bicyclic) bond motifs is 3. The van der Waals surface area contributed by atoms with Crippen LogP contribution in [0.25, 0.3) is 11.1 Å². The topological polar surface area (TPSA) is 122 Å². The van der Waals surface area contributed by atoms with Crippen LogP contribution in [-0.2, 0) is 29.2 Å². The zero-order valence-electron chi connectivity index (χ0n) is 23.2. The van der Waals surface area contributed by atoms with E-state index in [1.165, 1.54) is 31.4 Å². The van der Waals surface area contributed by atoms with Gasteiger partial charge >= 0.3 is 22.1 Å². The molecular weight excluding hydrogens is 554 g/mol. The molecule has 2 unspecified atom stereocenters. The van der Waals surface area contributed by atoms with Gasteiger partial charge in [-0.3, -0.25) is 9.59 Å². The molecule has 2 atom stereocenters. The molecule has 0 fully saturated rings. The first-order chi connectivity index (χ1) is 20.2. The molecule has 9 heteroatoms. The van der Waals surface area contributed by atoms with Gasteiger partial charge in [0.2, 0.25) is 0 Å². The Labute approximate surface area is 245 Å². The van der Waals surface area contributed by atoms with Crippen LogP contribution in [0, 0.1) is 6.92 Å². The monoisotopic (exact) mass is 585 g/mol. The molecule has 8 nitrogen and oxygen atoms in total. The second-order valence-electron chi connectivity index (χ2n) is 10.2. The van der Waals surface area contributed by atoms with Crippen molar-refractivity contribution in [1.82, 2.24) is 0 Å². The number of benzene rings is 4. The lowest BCUT2D eigenvalue weighted by Crippen LogP contribution is -2.39. The smallest absolute Gasteiger partial charge is 0.339 e. The minimum Gasteiger partial charge on any atom is -0.469 e. The minimum atomic E-state index is -4.05. The van der Waals surface area contributed by atoms with Crippen LogP contribution in [0.15, 0.2) is 102 Å². The predicted octanol–water partition coefficient (Wildman–Crippen LogP) is 5.09. The molecule has 0 bridgehead atoms. The summed E-state index contributed by atoms with van der Waals surface area (Å²) in [4.78, 5) is 25.5. The lowest BCUT2D eigenvalue weighted by molar-refractivity contribution is -0.147. The van der Waals surface area contributed by atoms with E-state index in [0.717, 1.165) is 27.8 Å². The molecular formula is C33H31NO7S. The fourth-order valence-corrected chi connectivity index (χ4v) is 6.16. The molecule has 1 aliphatic carbocycles. The fraction of sp³-hybridized carbons (Fsp3) is 0.212. The van der Waals surface area contributed by atoms with Gasteiger partial charge < -0.3 is 19.4 Å². The van der Waals surface area contributed by atoms with E-state index < -0.39 is 34.0 Å². The molecule has 2 N–H and O–H groups in total. The zero-order chi connectivity index (χ0) is 29.9. The second kappa shape index (κ2) is 12.2. The Hall–Kier alpha value is -4.47. The number of hydrogen-bond donors (Lipinski definition) is 1. The average molecular weight is 586 g/mol. The Bertz CT molecular complexity index is 1650. The molecule has 0 heterocycles. The van der Waals surface area contributed by atoms with Gasteiger partial charge in [-0.1, -0.05) is 78.4 Å². The summed E-state index contributed by atoms with van der Waals surface area (Å²) in [5.41, 5.74) is 12.2. The van der Waals surface area contributed by atoms with Gasteiger partial charge in [0.1, 0.15) is 23.3 Å². The Morgan fingerprint density at radius 1 is 0.833 bits per heavy atom. The Kier molecular flexibility index (Phi) is 8.42. The van der Waals surface area contributed by atoms with Gasteiger partial charge in [-0.25, -0.2) is 0 Å². The van der Waals surface area contributed by atoms with Gasteiger partial charge in [0.25, 0.3) is 0 Å². The summed E-state index contributed by atoms with van der Waals surface area (Å²) in [6.07, 6.45) is -0.177. The first kappa shape index (κ1) is 29.0. The number of carbonyl (C=O) groups is 2. The summed E-state index contributed by atoms with van der Waals surface area (Å²) >= 11 is 0. The van der Waals surface area contributed by atoms with Crippen molar-refractivity contribution in [2.75, 3.05) is 13.7 Å². The Morgan fingerprint density at radius 2 is 1.40 bits per heavy atom. The first-order valence-corrected chi connectivity index (χ1v) is 14.9. The molecule has 4 aromatic carbocycles. The van der Waals surface area contributed by atoms with E-state index >= 15 is 0 Å². The van der Waals surface area contributed by atoms with Gasteiger partial charge in [-0.05, 0) is 59.0 Å². The zero-order valence-corrected chi connectivity index (χ0v) is 24.0. The van der Waals surface area contributed by atoms with Crippen molar-refractivity contribution in [2.45, 2.75) is 36.1 Å². The maximum Gasteiger partial charge on any atom is 0.339 e. The van der Waals surface area contributed by atoms with Gasteiger partial charge in [-0.15, -0.1) is 0 Å². The summed E-state index contributed by atoms with van der Waals surface area (Å²) in [6.45, 7) is 1.95. The third-order valence-corrected chi connectivity index (χ3v) is 8.76. The number of carbonyl (C=O) groups excluding carboxylic acids is 2. The van der Waals surface area contributed by atoms with Gasteiger partial charge in [-0.2, -0.15) is 8.42 Å². The number of aryl methyl sites for hydroxylation is 1. The van der Waals surface area contributed by atoms with Crippen LogP contribution in [0.3, 0.4) is 0 Å². The second-order valence-corrected chi connectivity index (χ2v) is 11.7. The highest BCUT2D eigenvalue weighted by molar-refractivity contribution is 7.87. The van der Waals surface area contributed by atoms with Crippen molar-refractivity contribution in [2.24, 2.45) is 5.73 Å².